The number of carbonyl (C=O) groups is 3. The van der Waals surface area contributed by atoms with Crippen LogP contribution in [0.25, 0.3) is 11.1 Å². The largest absolute Gasteiger partial charge is 0.483 e. The van der Waals surface area contributed by atoms with Gasteiger partial charge in [-0.15, -0.1) is 0 Å². The van der Waals surface area contributed by atoms with Crippen LogP contribution < -0.4 is 15.6 Å². The maximum Gasteiger partial charge on any atom is 0.276 e. The minimum absolute atomic E-state index is 0.00606. The molecule has 0 aliphatic heterocycles. The average Bonchev–Trinajstić information content (AvgIpc) is 3.33. The standard InChI is InChI=1S/C27H26N2O4/c30-24(22-14-13-19-9-6-10-21(19)17-22)15-16-26(31)28-29-27(32)18-33-25-12-5-4-11-23(25)20-7-2-1-3-8-20/h1-5,7-8,11-14,17H,6,9-10,15-16,18H2,(H,28,31)(H,29,32). The summed E-state index contributed by atoms with van der Waals surface area (Å²) >= 11 is 0. The summed E-state index contributed by atoms with van der Waals surface area (Å²) < 4.78 is 5.66. The Morgan fingerprint density at radius 2 is 1.48 bits per heavy atom. The van der Waals surface area contributed by atoms with Crippen molar-refractivity contribution in [2.75, 3.05) is 6.61 Å². The van der Waals surface area contributed by atoms with E-state index in [1.165, 1.54) is 11.1 Å². The molecule has 0 saturated heterocycles. The van der Waals surface area contributed by atoms with Crippen LogP contribution in [-0.4, -0.2) is 24.2 Å². The van der Waals surface area contributed by atoms with Crippen LogP contribution in [0.15, 0.2) is 72.8 Å². The van der Waals surface area contributed by atoms with Gasteiger partial charge in [-0.1, -0.05) is 60.7 Å². The molecule has 4 rings (SSSR count). The number of para-hydroxylation sites is 1. The number of rotatable bonds is 8. The molecular formula is C27H26N2O4. The van der Waals surface area contributed by atoms with E-state index in [4.69, 9.17) is 4.74 Å². The van der Waals surface area contributed by atoms with E-state index < -0.39 is 11.8 Å². The van der Waals surface area contributed by atoms with Gasteiger partial charge in [0, 0.05) is 24.0 Å². The van der Waals surface area contributed by atoms with Crippen molar-refractivity contribution in [3.05, 3.63) is 89.5 Å². The number of aryl methyl sites for hydroxylation is 2. The fourth-order valence-electron chi connectivity index (χ4n) is 3.95. The molecule has 1 aliphatic carbocycles. The summed E-state index contributed by atoms with van der Waals surface area (Å²) in [6.07, 6.45) is 3.26. The van der Waals surface area contributed by atoms with Gasteiger partial charge in [0.15, 0.2) is 12.4 Å². The summed E-state index contributed by atoms with van der Waals surface area (Å²) in [6.45, 7) is -0.252. The van der Waals surface area contributed by atoms with Gasteiger partial charge in [0.2, 0.25) is 5.91 Å². The molecule has 2 N–H and O–H groups in total. The fraction of sp³-hybridized carbons (Fsp3) is 0.222. The van der Waals surface area contributed by atoms with E-state index in [0.29, 0.717) is 11.3 Å². The summed E-state index contributed by atoms with van der Waals surface area (Å²) in [5, 5.41) is 0. The van der Waals surface area contributed by atoms with Crippen LogP contribution >= 0.6 is 0 Å². The lowest BCUT2D eigenvalue weighted by Crippen LogP contribution is -2.43. The molecule has 6 nitrogen and oxygen atoms in total. The highest BCUT2D eigenvalue weighted by atomic mass is 16.5. The molecule has 168 valence electrons. The molecule has 0 fully saturated rings. The number of fused-ring (bicyclic) bond motifs is 1. The number of hydrogen-bond donors (Lipinski definition) is 2. The topological polar surface area (TPSA) is 84.5 Å². The van der Waals surface area contributed by atoms with E-state index in [1.54, 1.807) is 6.07 Å². The second-order valence-corrected chi connectivity index (χ2v) is 8.01. The van der Waals surface area contributed by atoms with Crippen LogP contribution in [0.1, 0.15) is 40.7 Å². The number of nitrogens with one attached hydrogen (secondary N) is 2. The Kier molecular flexibility index (Phi) is 7.15. The van der Waals surface area contributed by atoms with Crippen molar-refractivity contribution < 1.29 is 19.1 Å². The summed E-state index contributed by atoms with van der Waals surface area (Å²) in [7, 11) is 0. The van der Waals surface area contributed by atoms with Crippen LogP contribution in [0, 0.1) is 0 Å². The van der Waals surface area contributed by atoms with Crippen molar-refractivity contribution >= 4 is 17.6 Å². The minimum atomic E-state index is -0.490. The highest BCUT2D eigenvalue weighted by Crippen LogP contribution is 2.29. The average molecular weight is 443 g/mol. The molecule has 0 saturated carbocycles. The van der Waals surface area contributed by atoms with Gasteiger partial charge in [0.05, 0.1) is 0 Å². The van der Waals surface area contributed by atoms with Crippen molar-refractivity contribution in [1.29, 1.82) is 0 Å². The maximum atomic E-state index is 12.4. The lowest BCUT2D eigenvalue weighted by Gasteiger charge is -2.12. The second-order valence-electron chi connectivity index (χ2n) is 8.01. The first kappa shape index (κ1) is 22.3. The monoisotopic (exact) mass is 442 g/mol. The number of hydrogen-bond acceptors (Lipinski definition) is 4. The Labute approximate surface area is 192 Å². The zero-order chi connectivity index (χ0) is 23.0. The van der Waals surface area contributed by atoms with Gasteiger partial charge in [-0.3, -0.25) is 25.2 Å². The lowest BCUT2D eigenvalue weighted by atomic mass is 10.0. The zero-order valence-electron chi connectivity index (χ0n) is 18.3. The van der Waals surface area contributed by atoms with Gasteiger partial charge in [-0.2, -0.15) is 0 Å². The van der Waals surface area contributed by atoms with E-state index >= 15 is 0 Å². The fourth-order valence-corrected chi connectivity index (χ4v) is 3.95. The van der Waals surface area contributed by atoms with E-state index in [-0.39, 0.29) is 25.2 Å². The number of ether oxygens (including phenoxy) is 1. The van der Waals surface area contributed by atoms with Crippen LogP contribution in [0.5, 0.6) is 5.75 Å². The molecule has 3 aromatic carbocycles. The predicted molar refractivity (Wildman–Crippen MR) is 126 cm³/mol. The third-order valence-corrected chi connectivity index (χ3v) is 5.67. The van der Waals surface area contributed by atoms with Gasteiger partial charge < -0.3 is 4.74 Å². The molecule has 2 amide bonds. The van der Waals surface area contributed by atoms with Crippen molar-refractivity contribution in [2.24, 2.45) is 0 Å². The van der Waals surface area contributed by atoms with E-state index in [1.807, 2.05) is 66.7 Å². The summed E-state index contributed by atoms with van der Waals surface area (Å²) in [4.78, 5) is 36.6. The first-order valence-corrected chi connectivity index (χ1v) is 11.1. The Morgan fingerprint density at radius 1 is 0.758 bits per heavy atom. The molecule has 0 heterocycles. The highest BCUT2D eigenvalue weighted by Gasteiger charge is 2.15. The quantitative estimate of drug-likeness (QED) is 0.408. The van der Waals surface area contributed by atoms with Gasteiger partial charge in [-0.05, 0) is 48.1 Å². The number of benzene rings is 3. The summed E-state index contributed by atoms with van der Waals surface area (Å²) in [6, 6.07) is 23.0. The Hall–Kier alpha value is -3.93. The van der Waals surface area contributed by atoms with E-state index in [2.05, 4.69) is 10.9 Å². The molecule has 0 spiro atoms. The normalized spacial score (nSPS) is 12.0. The van der Waals surface area contributed by atoms with Gasteiger partial charge in [0.1, 0.15) is 5.75 Å². The van der Waals surface area contributed by atoms with Gasteiger partial charge in [0.25, 0.3) is 5.91 Å². The molecule has 0 unspecified atom stereocenters. The molecule has 33 heavy (non-hydrogen) atoms. The van der Waals surface area contributed by atoms with Crippen LogP contribution in [-0.2, 0) is 22.4 Å². The number of Topliss-reactive ketones (excluding diaryl/α,β-unsaturated/α-hetero) is 1. The van der Waals surface area contributed by atoms with Crippen molar-refractivity contribution in [3.63, 3.8) is 0 Å². The van der Waals surface area contributed by atoms with Crippen LogP contribution in [0.3, 0.4) is 0 Å². The lowest BCUT2D eigenvalue weighted by molar-refractivity contribution is -0.130. The molecule has 0 bridgehead atoms. The summed E-state index contributed by atoms with van der Waals surface area (Å²) in [5.41, 5.74) is 9.71. The minimum Gasteiger partial charge on any atom is -0.483 e. The van der Waals surface area contributed by atoms with Gasteiger partial charge >= 0.3 is 0 Å². The number of ketones is 1. The van der Waals surface area contributed by atoms with Crippen LogP contribution in [0.4, 0.5) is 0 Å². The van der Waals surface area contributed by atoms with Crippen LogP contribution in [0.2, 0.25) is 0 Å². The Morgan fingerprint density at radius 3 is 2.33 bits per heavy atom. The van der Waals surface area contributed by atoms with E-state index in [9.17, 15) is 14.4 Å². The summed E-state index contributed by atoms with van der Waals surface area (Å²) in [5.74, 6) is -0.421. The molecule has 0 radical (unpaired) electrons. The first-order valence-electron chi connectivity index (χ1n) is 11.1. The second kappa shape index (κ2) is 10.6. The van der Waals surface area contributed by atoms with Crippen molar-refractivity contribution in [3.8, 4) is 16.9 Å². The SMILES string of the molecule is O=C(CCC(=O)c1ccc2c(c1)CCC2)NNC(=O)COc1ccccc1-c1ccccc1. The number of amides is 2. The zero-order valence-corrected chi connectivity index (χ0v) is 18.3. The first-order chi connectivity index (χ1) is 16.1. The number of carbonyl (C=O) groups excluding carboxylic acids is 3. The third-order valence-electron chi connectivity index (χ3n) is 5.67. The highest BCUT2D eigenvalue weighted by molar-refractivity contribution is 5.98. The molecule has 1 aliphatic rings. The predicted octanol–water partition coefficient (Wildman–Crippen LogP) is 4.03. The molecule has 0 atom stereocenters. The van der Waals surface area contributed by atoms with Crippen molar-refractivity contribution in [2.45, 2.75) is 32.1 Å². The van der Waals surface area contributed by atoms with Crippen molar-refractivity contribution in [1.82, 2.24) is 10.9 Å². The molecule has 0 aromatic heterocycles. The Bertz CT molecular complexity index is 1160. The third kappa shape index (κ3) is 5.86. The van der Waals surface area contributed by atoms with Gasteiger partial charge in [-0.25, -0.2) is 0 Å². The molecule has 3 aromatic rings. The maximum absolute atomic E-state index is 12.4. The molecular weight excluding hydrogens is 416 g/mol. The van der Waals surface area contributed by atoms with E-state index in [0.717, 1.165) is 30.4 Å². The Balaban J connectivity index is 1.21. The number of hydrazine groups is 1. The smallest absolute Gasteiger partial charge is 0.276 e. The molecule has 6 heteroatoms.